The number of fused-ring (bicyclic) bond motifs is 2. The molecule has 10 nitrogen and oxygen atoms in total. The number of carbonyl (C=O) groups excluding carboxylic acids is 2. The first kappa shape index (κ1) is 48.1. The van der Waals surface area contributed by atoms with Crippen molar-refractivity contribution in [1.29, 1.82) is 0 Å². The summed E-state index contributed by atoms with van der Waals surface area (Å²) >= 11 is 0. The summed E-state index contributed by atoms with van der Waals surface area (Å²) in [6.45, 7) is 29.2. The highest BCUT2D eigenvalue weighted by molar-refractivity contribution is 6.25. The van der Waals surface area contributed by atoms with Gasteiger partial charge >= 0.3 is 0 Å². The minimum Gasteiger partial charge on any atom is -0.543 e. The smallest absolute Gasteiger partial charge is 0.131 e. The highest BCUT2D eigenvalue weighted by Gasteiger charge is 2.24. The first-order valence-electron chi connectivity index (χ1n) is 20.8. The zero-order valence-corrected chi connectivity index (χ0v) is 36.1. The number of ether oxygens (including phenoxy) is 4. The quantitative estimate of drug-likeness (QED) is 0.101. The number of carboxylic acids is 2. The van der Waals surface area contributed by atoms with E-state index in [-0.39, 0.29) is 11.2 Å². The van der Waals surface area contributed by atoms with Crippen LogP contribution in [0.15, 0.2) is 36.4 Å². The molecule has 2 heterocycles. The van der Waals surface area contributed by atoms with E-state index in [2.05, 4.69) is 128 Å². The van der Waals surface area contributed by atoms with Gasteiger partial charge in [-0.25, -0.2) is 0 Å². The lowest BCUT2D eigenvalue weighted by atomic mass is 9.98. The zero-order valence-electron chi connectivity index (χ0n) is 36.1. The van der Waals surface area contributed by atoms with Crippen molar-refractivity contribution in [2.24, 2.45) is 0 Å². The summed E-state index contributed by atoms with van der Waals surface area (Å²) in [5.41, 5.74) is 4.44. The van der Waals surface area contributed by atoms with Crippen LogP contribution >= 0.6 is 0 Å². The molecule has 0 unspecified atom stereocenters. The molecule has 0 radical (unpaired) electrons. The van der Waals surface area contributed by atoms with E-state index in [1.807, 2.05) is 0 Å². The van der Waals surface area contributed by atoms with Gasteiger partial charge in [0, 0.05) is 36.3 Å². The van der Waals surface area contributed by atoms with Crippen molar-refractivity contribution in [1.82, 2.24) is 9.80 Å². The Morgan fingerprint density at radius 1 is 0.589 bits per heavy atom. The maximum atomic E-state index is 8.93. The van der Waals surface area contributed by atoms with Gasteiger partial charge in [0.1, 0.15) is 47.4 Å². The minimum absolute atomic E-state index is 0.255. The summed E-state index contributed by atoms with van der Waals surface area (Å²) in [6, 6.07) is 8.71. The fourth-order valence-electron chi connectivity index (χ4n) is 6.34. The number of aliphatic carboxylic acids is 2. The van der Waals surface area contributed by atoms with Gasteiger partial charge in [0.15, 0.2) is 0 Å². The lowest BCUT2D eigenvalue weighted by molar-refractivity contribution is -0.345. The number of hydrogen-bond donors (Lipinski definition) is 0. The lowest BCUT2D eigenvalue weighted by Gasteiger charge is -2.29. The van der Waals surface area contributed by atoms with Gasteiger partial charge in [-0.05, 0) is 115 Å². The van der Waals surface area contributed by atoms with Crippen molar-refractivity contribution in [3.63, 3.8) is 0 Å². The molecule has 10 heteroatoms. The van der Waals surface area contributed by atoms with Crippen molar-refractivity contribution >= 4 is 24.1 Å². The number of benzene rings is 2. The molecular formula is C46H70N2O8-2. The van der Waals surface area contributed by atoms with Crippen LogP contribution in [0.2, 0.25) is 0 Å². The molecule has 4 rings (SSSR count). The Hall–Kier alpha value is -4.02. The topological polar surface area (TPSA) is 124 Å². The van der Waals surface area contributed by atoms with Gasteiger partial charge in [-0.3, -0.25) is 0 Å². The largest absolute Gasteiger partial charge is 0.543 e. The van der Waals surface area contributed by atoms with Crippen LogP contribution in [0.4, 0.5) is 0 Å². The van der Waals surface area contributed by atoms with Crippen LogP contribution in [-0.2, 0) is 22.4 Å². The van der Waals surface area contributed by atoms with Gasteiger partial charge in [0.05, 0.1) is 11.9 Å². The summed E-state index contributed by atoms with van der Waals surface area (Å²) in [6.07, 6.45) is 18.2. The van der Waals surface area contributed by atoms with Gasteiger partial charge in [-0.1, -0.05) is 79.4 Å². The fourth-order valence-corrected chi connectivity index (χ4v) is 6.34. The number of rotatable bonds is 20. The number of hydrogen-bond acceptors (Lipinski definition) is 10. The average Bonchev–Trinajstić information content (AvgIpc) is 3.15. The molecule has 2 aromatic rings. The predicted molar refractivity (Wildman–Crippen MR) is 223 cm³/mol. The second-order valence-electron chi connectivity index (χ2n) is 15.3. The van der Waals surface area contributed by atoms with Gasteiger partial charge in [0.25, 0.3) is 0 Å². The normalized spacial score (nSPS) is 14.3. The first-order chi connectivity index (χ1) is 26.6. The molecule has 0 saturated carbocycles. The second-order valence-corrected chi connectivity index (χ2v) is 15.3. The molecule has 0 spiro atoms. The fraction of sp³-hybridized carbons (Fsp3) is 0.609. The standard InChI is InChI=1S/2C22H35NO2.C2H2O4/c2*1-6-9-10-11-18-16-19-12-13-22(4,5)25-21(19)17-20(18)24-15-14-23(7-2)8-3;3-1(4)2(5)6/h2*12-13,16-17H,6-11,14-15H2,1-5H3;(H,3,4)(H,5,6)/p-2. The summed E-state index contributed by atoms with van der Waals surface area (Å²) in [7, 11) is 0. The summed E-state index contributed by atoms with van der Waals surface area (Å²) in [4.78, 5) is 22.6. The van der Waals surface area contributed by atoms with Gasteiger partial charge in [0.2, 0.25) is 0 Å². The van der Waals surface area contributed by atoms with E-state index in [4.69, 9.17) is 38.7 Å². The molecule has 0 saturated heterocycles. The molecule has 0 atom stereocenters. The molecule has 0 fully saturated rings. The van der Waals surface area contributed by atoms with Crippen LogP contribution < -0.4 is 29.2 Å². The van der Waals surface area contributed by atoms with Crippen molar-refractivity contribution in [2.75, 3.05) is 52.5 Å². The number of carboxylic acid groups (broad SMARTS) is 2. The third-order valence-electron chi connectivity index (χ3n) is 9.85. The average molecular weight is 779 g/mol. The van der Waals surface area contributed by atoms with Crippen molar-refractivity contribution < 1.29 is 38.7 Å². The molecule has 0 bridgehead atoms. The van der Waals surface area contributed by atoms with E-state index in [1.54, 1.807) is 0 Å². The van der Waals surface area contributed by atoms with E-state index in [0.717, 1.165) is 88.3 Å². The van der Waals surface area contributed by atoms with Crippen molar-refractivity contribution in [3.05, 3.63) is 58.7 Å². The molecule has 56 heavy (non-hydrogen) atoms. The molecule has 2 aliphatic rings. The SMILES string of the molecule is CCCCCc1cc2c(cc1OCCN(CC)CC)OC(C)(C)C=C2.CCCCCc1cc2c(cc1OCCN(CC)CC)OC(C)(C)C=C2.O=C([O-])C(=O)[O-]. The van der Waals surface area contributed by atoms with E-state index in [1.165, 1.54) is 60.8 Å². The Kier molecular flexibility index (Phi) is 21.1. The highest BCUT2D eigenvalue weighted by Crippen LogP contribution is 2.38. The lowest BCUT2D eigenvalue weighted by Crippen LogP contribution is -2.42. The predicted octanol–water partition coefficient (Wildman–Crippen LogP) is 7.13. The Morgan fingerprint density at radius 2 is 0.946 bits per heavy atom. The van der Waals surface area contributed by atoms with Gasteiger partial charge in [-0.15, -0.1) is 0 Å². The highest BCUT2D eigenvalue weighted by atomic mass is 16.5. The number of aryl methyl sites for hydroxylation is 2. The van der Waals surface area contributed by atoms with Crippen LogP contribution in [0.3, 0.4) is 0 Å². The molecule has 2 aliphatic heterocycles. The van der Waals surface area contributed by atoms with Crippen LogP contribution in [0.25, 0.3) is 12.2 Å². The van der Waals surface area contributed by atoms with E-state index < -0.39 is 11.9 Å². The summed E-state index contributed by atoms with van der Waals surface area (Å²) in [5, 5.41) is 17.9. The minimum atomic E-state index is -2.19. The molecule has 0 aliphatic carbocycles. The van der Waals surface area contributed by atoms with Crippen molar-refractivity contribution in [2.45, 2.75) is 132 Å². The summed E-state index contributed by atoms with van der Waals surface area (Å²) in [5.74, 6) is -0.514. The molecule has 0 N–H and O–H groups in total. The van der Waals surface area contributed by atoms with E-state index in [0.29, 0.717) is 0 Å². The third-order valence-corrected chi connectivity index (χ3v) is 9.85. The second kappa shape index (κ2) is 24.6. The third kappa shape index (κ3) is 17.0. The van der Waals surface area contributed by atoms with Crippen LogP contribution in [0.1, 0.15) is 130 Å². The Labute approximate surface area is 337 Å². The zero-order chi connectivity index (χ0) is 41.7. The van der Waals surface area contributed by atoms with Gasteiger partial charge < -0.3 is 48.5 Å². The Bertz CT molecular complexity index is 1440. The van der Waals surface area contributed by atoms with Crippen LogP contribution in [0, 0.1) is 0 Å². The first-order valence-corrected chi connectivity index (χ1v) is 20.8. The monoisotopic (exact) mass is 779 g/mol. The molecule has 314 valence electrons. The van der Waals surface area contributed by atoms with E-state index >= 15 is 0 Å². The van der Waals surface area contributed by atoms with Crippen LogP contribution in [-0.4, -0.2) is 85.4 Å². The maximum absolute atomic E-state index is 8.93. The van der Waals surface area contributed by atoms with Crippen LogP contribution in [0.5, 0.6) is 23.0 Å². The molecule has 0 aromatic heterocycles. The van der Waals surface area contributed by atoms with E-state index in [9.17, 15) is 0 Å². The number of nitrogens with zero attached hydrogens (tertiary/aromatic N) is 2. The summed E-state index contributed by atoms with van der Waals surface area (Å²) < 4.78 is 24.6. The maximum Gasteiger partial charge on any atom is 0.131 e. The van der Waals surface area contributed by atoms with Crippen molar-refractivity contribution in [3.8, 4) is 23.0 Å². The van der Waals surface area contributed by atoms with Gasteiger partial charge in [-0.2, -0.15) is 0 Å². The molecule has 2 aromatic carbocycles. The number of carbonyl (C=O) groups is 2. The number of likely N-dealkylation sites (N-methyl/N-ethyl adjacent to an activating group) is 2. The molecule has 0 amide bonds. The number of unbranched alkanes of at least 4 members (excludes halogenated alkanes) is 4. The molecular weight excluding hydrogens is 709 g/mol. The Morgan fingerprint density at radius 3 is 1.25 bits per heavy atom. The Balaban J connectivity index is 0.000000338.